The fraction of sp³-hybridized carbons (Fsp3) is 0.467. The van der Waals surface area contributed by atoms with Crippen molar-refractivity contribution in [3.63, 3.8) is 0 Å². The van der Waals surface area contributed by atoms with Crippen molar-refractivity contribution in [2.75, 3.05) is 13.1 Å². The molecule has 0 radical (unpaired) electrons. The van der Waals surface area contributed by atoms with Crippen molar-refractivity contribution in [1.29, 1.82) is 0 Å². The van der Waals surface area contributed by atoms with Crippen LogP contribution >= 0.6 is 0 Å². The predicted molar refractivity (Wildman–Crippen MR) is 76.7 cm³/mol. The zero-order chi connectivity index (χ0) is 14.8. The molecule has 1 rings (SSSR count). The van der Waals surface area contributed by atoms with Crippen LogP contribution in [-0.4, -0.2) is 25.0 Å². The van der Waals surface area contributed by atoms with E-state index in [1.54, 1.807) is 0 Å². The SMILES string of the molecule is CC(CNCCCC(N)=O)C(=O)OCc1ccccc1. The molecule has 5 heteroatoms. The molecule has 3 N–H and O–H groups in total. The molecule has 20 heavy (non-hydrogen) atoms. The molecule has 1 aromatic carbocycles. The van der Waals surface area contributed by atoms with Gasteiger partial charge >= 0.3 is 5.97 Å². The van der Waals surface area contributed by atoms with Crippen molar-refractivity contribution >= 4 is 11.9 Å². The van der Waals surface area contributed by atoms with Gasteiger partial charge in [0.2, 0.25) is 5.91 Å². The van der Waals surface area contributed by atoms with E-state index in [0.29, 0.717) is 32.5 Å². The Labute approximate surface area is 119 Å². The number of esters is 1. The summed E-state index contributed by atoms with van der Waals surface area (Å²) in [5, 5.41) is 3.11. The summed E-state index contributed by atoms with van der Waals surface area (Å²) in [4.78, 5) is 22.3. The highest BCUT2D eigenvalue weighted by Gasteiger charge is 2.13. The van der Waals surface area contributed by atoms with Crippen molar-refractivity contribution in [2.24, 2.45) is 11.7 Å². The maximum atomic E-state index is 11.8. The lowest BCUT2D eigenvalue weighted by molar-refractivity contribution is -0.149. The fourth-order valence-electron chi connectivity index (χ4n) is 1.66. The number of rotatable bonds is 9. The zero-order valence-corrected chi connectivity index (χ0v) is 11.8. The Hall–Kier alpha value is -1.88. The number of nitrogens with two attached hydrogens (primary N) is 1. The van der Waals surface area contributed by atoms with Gasteiger partial charge in [-0.1, -0.05) is 37.3 Å². The van der Waals surface area contributed by atoms with Gasteiger partial charge in [-0.25, -0.2) is 0 Å². The molecule has 0 fully saturated rings. The summed E-state index contributed by atoms with van der Waals surface area (Å²) in [6.07, 6.45) is 1.04. The molecule has 0 aliphatic carbocycles. The zero-order valence-electron chi connectivity index (χ0n) is 11.8. The number of primary amides is 1. The summed E-state index contributed by atoms with van der Waals surface area (Å²) in [5.74, 6) is -0.745. The van der Waals surface area contributed by atoms with Crippen LogP contribution in [0.2, 0.25) is 0 Å². The molecule has 1 unspecified atom stereocenters. The van der Waals surface area contributed by atoms with Crippen molar-refractivity contribution in [3.05, 3.63) is 35.9 Å². The van der Waals surface area contributed by atoms with E-state index in [1.807, 2.05) is 37.3 Å². The molecule has 0 aliphatic heterocycles. The third-order valence-corrected chi connectivity index (χ3v) is 2.85. The van der Waals surface area contributed by atoms with Gasteiger partial charge in [-0.2, -0.15) is 0 Å². The second-order valence-electron chi connectivity index (χ2n) is 4.77. The molecular formula is C15H22N2O3. The molecule has 1 atom stereocenters. The first-order chi connectivity index (χ1) is 9.59. The van der Waals surface area contributed by atoms with Crippen LogP contribution in [0.1, 0.15) is 25.3 Å². The highest BCUT2D eigenvalue weighted by atomic mass is 16.5. The average molecular weight is 278 g/mol. The highest BCUT2D eigenvalue weighted by molar-refractivity contribution is 5.73. The maximum Gasteiger partial charge on any atom is 0.310 e. The topological polar surface area (TPSA) is 81.4 Å². The number of ether oxygens (including phenoxy) is 1. The van der Waals surface area contributed by atoms with E-state index in [0.717, 1.165) is 5.56 Å². The third-order valence-electron chi connectivity index (χ3n) is 2.85. The highest BCUT2D eigenvalue weighted by Crippen LogP contribution is 2.04. The van der Waals surface area contributed by atoms with Gasteiger partial charge in [0.05, 0.1) is 5.92 Å². The van der Waals surface area contributed by atoms with Crippen molar-refractivity contribution in [2.45, 2.75) is 26.4 Å². The van der Waals surface area contributed by atoms with Crippen LogP contribution in [0.3, 0.4) is 0 Å². The minimum Gasteiger partial charge on any atom is -0.461 e. The van der Waals surface area contributed by atoms with E-state index in [1.165, 1.54) is 0 Å². The smallest absolute Gasteiger partial charge is 0.310 e. The summed E-state index contributed by atoms with van der Waals surface area (Å²) in [6, 6.07) is 9.57. The summed E-state index contributed by atoms with van der Waals surface area (Å²) in [5.41, 5.74) is 6.01. The number of hydrogen-bond donors (Lipinski definition) is 2. The Morgan fingerprint density at radius 2 is 2.00 bits per heavy atom. The molecule has 0 spiro atoms. The summed E-state index contributed by atoms with van der Waals surface area (Å²) >= 11 is 0. The number of carbonyl (C=O) groups is 2. The Balaban J connectivity index is 2.14. The Bertz CT molecular complexity index is 420. The minimum atomic E-state index is -0.304. The van der Waals surface area contributed by atoms with Gasteiger partial charge in [-0.15, -0.1) is 0 Å². The molecule has 0 bridgehead atoms. The standard InChI is InChI=1S/C15H22N2O3/c1-12(10-17-9-5-8-14(16)18)15(19)20-11-13-6-3-2-4-7-13/h2-4,6-7,12,17H,5,8-11H2,1H3,(H2,16,18). The summed E-state index contributed by atoms with van der Waals surface area (Å²) in [7, 11) is 0. The van der Waals surface area contributed by atoms with Gasteiger partial charge in [0.1, 0.15) is 6.61 Å². The van der Waals surface area contributed by atoms with E-state index in [9.17, 15) is 9.59 Å². The monoisotopic (exact) mass is 278 g/mol. The first-order valence-electron chi connectivity index (χ1n) is 6.79. The molecule has 0 saturated heterocycles. The Kier molecular flexibility index (Phi) is 7.35. The van der Waals surface area contributed by atoms with Crippen molar-refractivity contribution in [1.82, 2.24) is 5.32 Å². The molecule has 0 heterocycles. The fourth-order valence-corrected chi connectivity index (χ4v) is 1.66. The van der Waals surface area contributed by atoms with Gasteiger partial charge in [-0.3, -0.25) is 9.59 Å². The quantitative estimate of drug-likeness (QED) is 0.525. The van der Waals surface area contributed by atoms with Crippen LogP contribution in [-0.2, 0) is 20.9 Å². The number of carbonyl (C=O) groups excluding carboxylic acids is 2. The van der Waals surface area contributed by atoms with Gasteiger partial charge in [-0.05, 0) is 18.5 Å². The van der Waals surface area contributed by atoms with Crippen molar-refractivity contribution < 1.29 is 14.3 Å². The molecule has 0 saturated carbocycles. The van der Waals surface area contributed by atoms with E-state index in [4.69, 9.17) is 10.5 Å². The molecule has 1 aromatic rings. The number of amides is 1. The molecule has 0 aliphatic rings. The van der Waals surface area contributed by atoms with Gasteiger partial charge in [0.15, 0.2) is 0 Å². The van der Waals surface area contributed by atoms with E-state index in [-0.39, 0.29) is 17.8 Å². The molecule has 1 amide bonds. The van der Waals surface area contributed by atoms with Gasteiger partial charge in [0, 0.05) is 13.0 Å². The predicted octanol–water partition coefficient (Wildman–Crippen LogP) is 1.22. The number of hydrogen-bond acceptors (Lipinski definition) is 4. The second-order valence-corrected chi connectivity index (χ2v) is 4.77. The van der Waals surface area contributed by atoms with Gasteiger partial charge in [0.25, 0.3) is 0 Å². The average Bonchev–Trinajstić information content (AvgIpc) is 2.45. The largest absolute Gasteiger partial charge is 0.461 e. The summed E-state index contributed by atoms with van der Waals surface area (Å²) in [6.45, 7) is 3.31. The van der Waals surface area contributed by atoms with Crippen LogP contribution in [0.5, 0.6) is 0 Å². The second kappa shape index (κ2) is 9.09. The first kappa shape index (κ1) is 16.2. The lowest BCUT2D eigenvalue weighted by Gasteiger charge is -2.12. The van der Waals surface area contributed by atoms with Crippen LogP contribution < -0.4 is 11.1 Å². The summed E-state index contributed by atoms with van der Waals surface area (Å²) < 4.78 is 5.23. The molecule has 0 aromatic heterocycles. The normalized spacial score (nSPS) is 11.8. The van der Waals surface area contributed by atoms with Crippen LogP contribution in [0, 0.1) is 5.92 Å². The van der Waals surface area contributed by atoms with Crippen molar-refractivity contribution in [3.8, 4) is 0 Å². The number of nitrogens with one attached hydrogen (secondary N) is 1. The minimum absolute atomic E-state index is 0.215. The maximum absolute atomic E-state index is 11.8. The van der Waals surface area contributed by atoms with E-state index in [2.05, 4.69) is 5.32 Å². The molecule has 5 nitrogen and oxygen atoms in total. The van der Waals surface area contributed by atoms with E-state index < -0.39 is 0 Å². The first-order valence-corrected chi connectivity index (χ1v) is 6.79. The van der Waals surface area contributed by atoms with Crippen LogP contribution in [0.4, 0.5) is 0 Å². The Morgan fingerprint density at radius 1 is 1.30 bits per heavy atom. The Morgan fingerprint density at radius 3 is 2.65 bits per heavy atom. The lowest BCUT2D eigenvalue weighted by atomic mass is 10.2. The number of benzene rings is 1. The van der Waals surface area contributed by atoms with Crippen LogP contribution in [0.25, 0.3) is 0 Å². The van der Waals surface area contributed by atoms with Gasteiger partial charge < -0.3 is 15.8 Å². The van der Waals surface area contributed by atoms with Crippen LogP contribution in [0.15, 0.2) is 30.3 Å². The third kappa shape index (κ3) is 6.89. The van der Waals surface area contributed by atoms with E-state index >= 15 is 0 Å². The molecular weight excluding hydrogens is 256 g/mol. The lowest BCUT2D eigenvalue weighted by Crippen LogP contribution is -2.29. The molecule has 110 valence electrons.